The molecule has 6 heteroatoms. The number of likely N-dealkylation sites (N-methyl/N-ethyl adjacent to an activating group) is 1. The number of carbonyl (C=O) groups is 2. The summed E-state index contributed by atoms with van der Waals surface area (Å²) in [4.78, 5) is 24.6. The van der Waals surface area contributed by atoms with E-state index in [2.05, 4.69) is 17.9 Å². The van der Waals surface area contributed by atoms with Crippen LogP contribution in [0.5, 0.6) is 0 Å². The van der Waals surface area contributed by atoms with E-state index in [1.54, 1.807) is 25.9 Å². The second-order valence-corrected chi connectivity index (χ2v) is 4.52. The van der Waals surface area contributed by atoms with Gasteiger partial charge in [-0.25, -0.2) is 9.59 Å². The van der Waals surface area contributed by atoms with Crippen molar-refractivity contribution in [3.63, 3.8) is 0 Å². The maximum Gasteiger partial charge on any atom is 0.353 e. The zero-order valence-electron chi connectivity index (χ0n) is 13.1. The summed E-state index contributed by atoms with van der Waals surface area (Å²) in [5, 5.41) is 8.38. The van der Waals surface area contributed by atoms with E-state index in [9.17, 15) is 9.59 Å². The van der Waals surface area contributed by atoms with Crippen molar-refractivity contribution in [2.75, 3.05) is 41.3 Å². The Morgan fingerprint density at radius 1 is 1.15 bits per heavy atom. The third kappa shape index (κ3) is 11.3. The van der Waals surface area contributed by atoms with Gasteiger partial charge in [0.15, 0.2) is 0 Å². The van der Waals surface area contributed by atoms with Crippen LogP contribution in [0.4, 0.5) is 0 Å². The molecule has 0 saturated heterocycles. The molecule has 0 heterocycles. The van der Waals surface area contributed by atoms with Gasteiger partial charge in [0.2, 0.25) is 0 Å². The molecular formula is C14H26N2O4. The minimum atomic E-state index is -0.901. The topological polar surface area (TPSA) is 70.1 Å². The normalized spacial score (nSPS) is 9.30. The Morgan fingerprint density at radius 2 is 1.65 bits per heavy atom. The predicted octanol–water partition coefficient (Wildman–Crippen LogP) is 1.20. The molecule has 0 aliphatic rings. The van der Waals surface area contributed by atoms with E-state index >= 15 is 0 Å². The molecule has 0 aromatic rings. The molecule has 0 aromatic carbocycles. The van der Waals surface area contributed by atoms with Gasteiger partial charge < -0.3 is 19.6 Å². The fourth-order valence-electron chi connectivity index (χ4n) is 0.862. The van der Waals surface area contributed by atoms with Crippen molar-refractivity contribution in [3.05, 3.63) is 24.4 Å². The Bertz CT molecular complexity index is 349. The molecule has 0 aliphatic carbocycles. The fraction of sp³-hybridized carbons (Fsp3) is 0.571. The van der Waals surface area contributed by atoms with Gasteiger partial charge in [-0.2, -0.15) is 0 Å². The van der Waals surface area contributed by atoms with Crippen molar-refractivity contribution in [3.8, 4) is 0 Å². The largest absolute Gasteiger partial charge is 0.478 e. The van der Waals surface area contributed by atoms with Crippen LogP contribution in [0.15, 0.2) is 24.4 Å². The number of aliphatic carboxylic acids is 1. The molecule has 20 heavy (non-hydrogen) atoms. The first-order valence-electron chi connectivity index (χ1n) is 6.22. The summed E-state index contributed by atoms with van der Waals surface area (Å²) in [6.07, 6.45) is 0.530. The van der Waals surface area contributed by atoms with Crippen molar-refractivity contribution in [1.29, 1.82) is 0 Å². The van der Waals surface area contributed by atoms with Gasteiger partial charge in [-0.3, -0.25) is 0 Å². The molecule has 0 radical (unpaired) electrons. The lowest BCUT2D eigenvalue weighted by Crippen LogP contribution is -2.20. The van der Waals surface area contributed by atoms with E-state index in [4.69, 9.17) is 5.11 Å². The summed E-state index contributed by atoms with van der Waals surface area (Å²) >= 11 is 0. The van der Waals surface area contributed by atoms with Crippen molar-refractivity contribution in [1.82, 2.24) is 9.80 Å². The number of hydrogen-bond acceptors (Lipinski definition) is 5. The second kappa shape index (κ2) is 11.0. The van der Waals surface area contributed by atoms with E-state index in [0.29, 0.717) is 18.7 Å². The summed E-state index contributed by atoms with van der Waals surface area (Å²) in [7, 11) is 7.29. The molecule has 0 unspecified atom stereocenters. The van der Waals surface area contributed by atoms with E-state index in [-0.39, 0.29) is 11.5 Å². The van der Waals surface area contributed by atoms with Gasteiger partial charge in [0.1, 0.15) is 5.70 Å². The number of esters is 1. The molecule has 0 fully saturated rings. The maximum absolute atomic E-state index is 10.8. The van der Waals surface area contributed by atoms with Gasteiger partial charge in [-0.05, 0) is 27.4 Å². The number of carbonyl (C=O) groups excluding carboxylic acids is 1. The highest BCUT2D eigenvalue weighted by Gasteiger charge is 2.07. The van der Waals surface area contributed by atoms with Gasteiger partial charge in [0, 0.05) is 26.2 Å². The van der Waals surface area contributed by atoms with Gasteiger partial charge in [-0.15, -0.1) is 0 Å². The van der Waals surface area contributed by atoms with Crippen molar-refractivity contribution < 1.29 is 19.4 Å². The highest BCUT2D eigenvalue weighted by molar-refractivity contribution is 5.86. The minimum absolute atomic E-state index is 0.272. The SMILES string of the molecule is C=C(C(=O)OCC)N(C)C.C=C(CCN(C)C)C(=O)O. The van der Waals surface area contributed by atoms with Crippen molar-refractivity contribution in [2.24, 2.45) is 0 Å². The van der Waals surface area contributed by atoms with Crippen LogP contribution in [0.1, 0.15) is 13.3 Å². The van der Waals surface area contributed by atoms with E-state index in [0.717, 1.165) is 6.54 Å². The first-order chi connectivity index (χ1) is 9.13. The number of carboxylic acids is 1. The van der Waals surface area contributed by atoms with E-state index in [1.807, 2.05) is 19.0 Å². The van der Waals surface area contributed by atoms with Crippen LogP contribution >= 0.6 is 0 Å². The fourth-order valence-corrected chi connectivity index (χ4v) is 0.862. The Labute approximate surface area is 121 Å². The quantitative estimate of drug-likeness (QED) is 0.560. The zero-order chi connectivity index (χ0) is 16.3. The second-order valence-electron chi connectivity index (χ2n) is 4.52. The number of ether oxygens (including phenoxy) is 1. The lowest BCUT2D eigenvalue weighted by molar-refractivity contribution is -0.140. The smallest absolute Gasteiger partial charge is 0.353 e. The minimum Gasteiger partial charge on any atom is -0.478 e. The maximum atomic E-state index is 10.8. The van der Waals surface area contributed by atoms with Crippen LogP contribution < -0.4 is 0 Å². The standard InChI is InChI=1S/2C7H13NO2/c1-6(7(9)10)4-5-8(2)3;1-5-10-7(9)6(2)8(3)4/h1,4-5H2,2-3H3,(H,9,10);2,5H2,1,3-4H3. The highest BCUT2D eigenvalue weighted by Crippen LogP contribution is 1.97. The Kier molecular flexibility index (Phi) is 11.3. The Morgan fingerprint density at radius 3 is 1.95 bits per heavy atom. The molecule has 6 nitrogen and oxygen atoms in total. The van der Waals surface area contributed by atoms with Crippen molar-refractivity contribution >= 4 is 11.9 Å². The number of rotatable bonds is 7. The molecule has 0 bridgehead atoms. The van der Waals surface area contributed by atoms with Gasteiger partial charge in [-0.1, -0.05) is 13.2 Å². The van der Waals surface area contributed by atoms with Crippen LogP contribution in [0.25, 0.3) is 0 Å². The molecule has 0 amide bonds. The molecule has 0 saturated carbocycles. The summed E-state index contributed by atoms with van der Waals surface area (Å²) in [5.74, 6) is -1.26. The summed E-state index contributed by atoms with van der Waals surface area (Å²) in [6, 6.07) is 0. The Balaban J connectivity index is 0. The molecule has 0 spiro atoms. The Hall–Kier alpha value is -1.82. The third-order valence-corrected chi connectivity index (χ3v) is 2.21. The van der Waals surface area contributed by atoms with Crippen LogP contribution in [-0.4, -0.2) is 68.2 Å². The number of hydrogen-bond donors (Lipinski definition) is 1. The van der Waals surface area contributed by atoms with Crippen molar-refractivity contribution in [2.45, 2.75) is 13.3 Å². The van der Waals surface area contributed by atoms with Crippen LogP contribution in [0.2, 0.25) is 0 Å². The molecule has 1 N–H and O–H groups in total. The molecule has 0 aliphatic heterocycles. The number of nitrogens with zero attached hydrogens (tertiary/aromatic N) is 2. The molecule has 116 valence electrons. The van der Waals surface area contributed by atoms with Gasteiger partial charge in [0.25, 0.3) is 0 Å². The van der Waals surface area contributed by atoms with Crippen LogP contribution in [-0.2, 0) is 14.3 Å². The summed E-state index contributed by atoms with van der Waals surface area (Å²) in [6.45, 7) is 9.82. The first-order valence-corrected chi connectivity index (χ1v) is 6.22. The zero-order valence-corrected chi connectivity index (χ0v) is 13.1. The van der Waals surface area contributed by atoms with Crippen LogP contribution in [0, 0.1) is 0 Å². The average Bonchev–Trinajstić information content (AvgIpc) is 2.35. The number of carboxylic acid groups (broad SMARTS) is 1. The first kappa shape index (κ1) is 20.5. The summed E-state index contributed by atoms with van der Waals surface area (Å²) < 4.78 is 4.68. The molecule has 0 aromatic heterocycles. The monoisotopic (exact) mass is 286 g/mol. The van der Waals surface area contributed by atoms with E-state index < -0.39 is 5.97 Å². The summed E-state index contributed by atoms with van der Waals surface area (Å²) in [5.41, 5.74) is 0.649. The third-order valence-electron chi connectivity index (χ3n) is 2.21. The average molecular weight is 286 g/mol. The predicted molar refractivity (Wildman–Crippen MR) is 79.4 cm³/mol. The van der Waals surface area contributed by atoms with E-state index in [1.165, 1.54) is 0 Å². The lowest BCUT2D eigenvalue weighted by Gasteiger charge is -2.12. The highest BCUT2D eigenvalue weighted by atomic mass is 16.5. The molecular weight excluding hydrogens is 260 g/mol. The lowest BCUT2D eigenvalue weighted by atomic mass is 10.2. The van der Waals surface area contributed by atoms with Gasteiger partial charge in [0.05, 0.1) is 6.61 Å². The van der Waals surface area contributed by atoms with Crippen LogP contribution in [0.3, 0.4) is 0 Å². The molecule has 0 rings (SSSR count). The molecule has 0 atom stereocenters. The van der Waals surface area contributed by atoms with Gasteiger partial charge >= 0.3 is 11.9 Å².